The molecule has 0 aliphatic heterocycles. The van der Waals surface area contributed by atoms with Crippen LogP contribution in [0.15, 0.2) is 16.9 Å². The van der Waals surface area contributed by atoms with Crippen LogP contribution in [0.1, 0.15) is 19.7 Å². The normalized spacial score (nSPS) is 13.2. The van der Waals surface area contributed by atoms with Gasteiger partial charge in [-0.05, 0) is 13.0 Å². The minimum atomic E-state index is 0.340. The molecule has 0 bridgehead atoms. The summed E-state index contributed by atoms with van der Waals surface area (Å²) in [4.78, 5) is 4.39. The van der Waals surface area contributed by atoms with Crippen LogP contribution in [0, 0.1) is 5.92 Å². The van der Waals surface area contributed by atoms with E-state index in [9.17, 15) is 0 Å². The zero-order valence-corrected chi connectivity index (χ0v) is 11.2. The molecule has 1 N–H and O–H groups in total. The number of nitrogens with one attached hydrogen (secondary N) is 1. The second kappa shape index (κ2) is 5.30. The van der Waals surface area contributed by atoms with E-state index in [1.54, 1.807) is 10.9 Å². The van der Waals surface area contributed by atoms with Crippen LogP contribution >= 0.6 is 0 Å². The second-order valence-electron chi connectivity index (χ2n) is 4.76. The van der Waals surface area contributed by atoms with Crippen LogP contribution in [-0.4, -0.2) is 33.0 Å². The summed E-state index contributed by atoms with van der Waals surface area (Å²) in [5.41, 5.74) is 0.873. The fourth-order valence-electron chi connectivity index (χ4n) is 1.85. The molecule has 0 aliphatic rings. The summed E-state index contributed by atoms with van der Waals surface area (Å²) < 4.78 is 6.99. The monoisotopic (exact) mass is 249 g/mol. The van der Waals surface area contributed by atoms with Gasteiger partial charge in [0.25, 0.3) is 0 Å². The summed E-state index contributed by atoms with van der Waals surface area (Å²) in [6, 6.07) is 0.340. The first-order chi connectivity index (χ1) is 8.60. The molecule has 18 heavy (non-hydrogen) atoms. The van der Waals surface area contributed by atoms with Crippen molar-refractivity contribution in [3.63, 3.8) is 0 Å². The number of likely N-dealkylation sites (N-methyl/N-ethyl adjacent to an activating group) is 1. The Morgan fingerprint density at radius 2 is 2.22 bits per heavy atom. The number of aromatic nitrogens is 4. The maximum atomic E-state index is 5.27. The topological polar surface area (TPSA) is 68.8 Å². The van der Waals surface area contributed by atoms with Gasteiger partial charge in [0.2, 0.25) is 11.7 Å². The van der Waals surface area contributed by atoms with Crippen LogP contribution in [0.3, 0.4) is 0 Å². The molecule has 6 heteroatoms. The van der Waals surface area contributed by atoms with Crippen molar-refractivity contribution >= 4 is 0 Å². The summed E-state index contributed by atoms with van der Waals surface area (Å²) in [7, 11) is 3.81. The highest BCUT2D eigenvalue weighted by atomic mass is 16.5. The molecule has 0 amide bonds. The summed E-state index contributed by atoms with van der Waals surface area (Å²) in [5, 5.41) is 11.3. The molecule has 0 radical (unpaired) electrons. The van der Waals surface area contributed by atoms with Crippen LogP contribution in [0.2, 0.25) is 0 Å². The summed E-state index contributed by atoms with van der Waals surface area (Å²) >= 11 is 0. The lowest BCUT2D eigenvalue weighted by molar-refractivity contribution is 0.335. The molecule has 0 aromatic carbocycles. The van der Waals surface area contributed by atoms with E-state index in [1.807, 2.05) is 20.3 Å². The molecule has 6 nitrogen and oxygen atoms in total. The molecular weight excluding hydrogens is 230 g/mol. The molecule has 0 saturated carbocycles. The van der Waals surface area contributed by atoms with E-state index in [1.165, 1.54) is 0 Å². The molecule has 2 aromatic heterocycles. The van der Waals surface area contributed by atoms with Gasteiger partial charge in [-0.15, -0.1) is 0 Å². The average Bonchev–Trinajstić information content (AvgIpc) is 2.94. The van der Waals surface area contributed by atoms with Crippen molar-refractivity contribution in [3.8, 4) is 11.4 Å². The predicted octanol–water partition coefficient (Wildman–Crippen LogP) is 1.26. The van der Waals surface area contributed by atoms with Crippen LogP contribution in [0.4, 0.5) is 0 Å². The molecule has 1 atom stereocenters. The van der Waals surface area contributed by atoms with Crippen molar-refractivity contribution in [3.05, 3.63) is 18.3 Å². The van der Waals surface area contributed by atoms with Gasteiger partial charge in [0, 0.05) is 25.7 Å². The quantitative estimate of drug-likeness (QED) is 0.864. The van der Waals surface area contributed by atoms with Gasteiger partial charge in [0.15, 0.2) is 0 Å². The average molecular weight is 249 g/mol. The Kier molecular flexibility index (Phi) is 3.76. The maximum absolute atomic E-state index is 5.27. The molecule has 0 spiro atoms. The molecule has 2 rings (SSSR count). The van der Waals surface area contributed by atoms with Gasteiger partial charge < -0.3 is 9.84 Å². The lowest BCUT2D eigenvalue weighted by atomic mass is 10.0. The standard InChI is InChI=1S/C12H19N5O/c1-8(2)10(13-3)5-11-15-12(16-18-11)9-6-14-17(4)7-9/h6-8,10,13H,5H2,1-4H3. The van der Waals surface area contributed by atoms with E-state index in [2.05, 4.69) is 34.4 Å². The Labute approximate surface area is 106 Å². The van der Waals surface area contributed by atoms with E-state index in [4.69, 9.17) is 4.52 Å². The number of aryl methyl sites for hydroxylation is 1. The number of hydrogen-bond acceptors (Lipinski definition) is 5. The predicted molar refractivity (Wildman–Crippen MR) is 67.9 cm³/mol. The Balaban J connectivity index is 2.11. The highest BCUT2D eigenvalue weighted by Gasteiger charge is 2.17. The molecule has 1 unspecified atom stereocenters. The fourth-order valence-corrected chi connectivity index (χ4v) is 1.85. The van der Waals surface area contributed by atoms with Gasteiger partial charge in [-0.25, -0.2) is 0 Å². The van der Waals surface area contributed by atoms with E-state index >= 15 is 0 Å². The van der Waals surface area contributed by atoms with Crippen LogP contribution in [-0.2, 0) is 13.5 Å². The van der Waals surface area contributed by atoms with Crippen molar-refractivity contribution in [2.45, 2.75) is 26.3 Å². The molecular formula is C12H19N5O. The highest BCUT2D eigenvalue weighted by molar-refractivity contribution is 5.50. The van der Waals surface area contributed by atoms with Crippen molar-refractivity contribution in [1.82, 2.24) is 25.2 Å². The van der Waals surface area contributed by atoms with E-state index in [0.717, 1.165) is 12.0 Å². The minimum Gasteiger partial charge on any atom is -0.339 e. The molecule has 2 heterocycles. The third-order valence-corrected chi connectivity index (χ3v) is 3.00. The molecule has 0 aliphatic carbocycles. The van der Waals surface area contributed by atoms with Gasteiger partial charge in [-0.3, -0.25) is 4.68 Å². The van der Waals surface area contributed by atoms with Gasteiger partial charge in [-0.1, -0.05) is 19.0 Å². The third kappa shape index (κ3) is 2.76. The lowest BCUT2D eigenvalue weighted by Crippen LogP contribution is -2.32. The van der Waals surface area contributed by atoms with Gasteiger partial charge in [0.05, 0.1) is 11.8 Å². The van der Waals surface area contributed by atoms with Crippen molar-refractivity contribution in [2.75, 3.05) is 7.05 Å². The van der Waals surface area contributed by atoms with Crippen LogP contribution < -0.4 is 5.32 Å². The minimum absolute atomic E-state index is 0.340. The molecule has 0 fully saturated rings. The molecule has 2 aromatic rings. The SMILES string of the molecule is CNC(Cc1nc(-c2cnn(C)c2)no1)C(C)C. The highest BCUT2D eigenvalue weighted by Crippen LogP contribution is 2.16. The first-order valence-corrected chi connectivity index (χ1v) is 6.09. The van der Waals surface area contributed by atoms with Gasteiger partial charge in [-0.2, -0.15) is 10.1 Å². The van der Waals surface area contributed by atoms with Crippen molar-refractivity contribution in [1.29, 1.82) is 0 Å². The van der Waals surface area contributed by atoms with Gasteiger partial charge in [0.1, 0.15) is 0 Å². The van der Waals surface area contributed by atoms with E-state index < -0.39 is 0 Å². The smallest absolute Gasteiger partial charge is 0.228 e. The Morgan fingerprint density at radius 3 is 2.78 bits per heavy atom. The molecule has 0 saturated heterocycles. The summed E-state index contributed by atoms with van der Waals surface area (Å²) in [6.07, 6.45) is 4.33. The summed E-state index contributed by atoms with van der Waals surface area (Å²) in [5.74, 6) is 1.77. The number of hydrogen-bond donors (Lipinski definition) is 1. The van der Waals surface area contributed by atoms with Crippen LogP contribution in [0.5, 0.6) is 0 Å². The zero-order chi connectivity index (χ0) is 13.1. The van der Waals surface area contributed by atoms with E-state index in [-0.39, 0.29) is 0 Å². The largest absolute Gasteiger partial charge is 0.339 e. The Morgan fingerprint density at radius 1 is 1.44 bits per heavy atom. The van der Waals surface area contributed by atoms with E-state index in [0.29, 0.717) is 23.7 Å². The van der Waals surface area contributed by atoms with Crippen LogP contribution in [0.25, 0.3) is 11.4 Å². The van der Waals surface area contributed by atoms with Crippen molar-refractivity contribution < 1.29 is 4.52 Å². The number of rotatable bonds is 5. The first-order valence-electron chi connectivity index (χ1n) is 6.09. The first kappa shape index (κ1) is 12.8. The fraction of sp³-hybridized carbons (Fsp3) is 0.583. The lowest BCUT2D eigenvalue weighted by Gasteiger charge is -2.17. The Hall–Kier alpha value is -1.69. The third-order valence-electron chi connectivity index (χ3n) is 3.00. The second-order valence-corrected chi connectivity index (χ2v) is 4.76. The Bertz CT molecular complexity index is 502. The maximum Gasteiger partial charge on any atom is 0.228 e. The number of nitrogens with zero attached hydrogens (tertiary/aromatic N) is 4. The molecule has 98 valence electrons. The van der Waals surface area contributed by atoms with Crippen molar-refractivity contribution in [2.24, 2.45) is 13.0 Å². The van der Waals surface area contributed by atoms with Gasteiger partial charge >= 0.3 is 0 Å². The summed E-state index contributed by atoms with van der Waals surface area (Å²) in [6.45, 7) is 4.33. The zero-order valence-electron chi connectivity index (χ0n) is 11.2.